The van der Waals surface area contributed by atoms with E-state index in [-0.39, 0.29) is 0 Å². The van der Waals surface area contributed by atoms with Crippen molar-refractivity contribution in [2.45, 2.75) is 0 Å². The Morgan fingerprint density at radius 1 is 1.18 bits per heavy atom. The molecule has 0 aliphatic heterocycles. The van der Waals surface area contributed by atoms with Crippen molar-refractivity contribution >= 4 is 15.2 Å². The van der Waals surface area contributed by atoms with Gasteiger partial charge in [-0.1, -0.05) is 0 Å². The van der Waals surface area contributed by atoms with Crippen LogP contribution in [0.5, 0.6) is 0 Å². The molecule has 9 heteroatoms. The van der Waals surface area contributed by atoms with E-state index in [2.05, 4.69) is 10.5 Å². The lowest BCUT2D eigenvalue weighted by Gasteiger charge is -2.07. The lowest BCUT2D eigenvalue weighted by Crippen LogP contribution is -2.03. The average Bonchev–Trinajstić information content (AvgIpc) is 1.83. The van der Waals surface area contributed by atoms with E-state index in [0.717, 1.165) is 0 Å². The molecule has 0 saturated carbocycles. The molecule has 0 aliphatic rings. The van der Waals surface area contributed by atoms with Crippen LogP contribution in [0.25, 0.3) is 0 Å². The fourth-order valence-electron chi connectivity index (χ4n) is 0.309. The molecule has 0 fully saturated rings. The molecule has 0 spiro atoms. The second-order valence-corrected chi connectivity index (χ2v) is 5.56. The summed E-state index contributed by atoms with van der Waals surface area (Å²) in [7, 11) is -8.23. The zero-order valence-corrected chi connectivity index (χ0v) is 7.24. The van der Waals surface area contributed by atoms with E-state index in [0.29, 0.717) is 0 Å². The first-order chi connectivity index (χ1) is 4.77. The summed E-state index contributed by atoms with van der Waals surface area (Å²) in [6.07, 6.45) is -1.36. The van der Waals surface area contributed by atoms with Gasteiger partial charge in [-0.3, -0.25) is 9.13 Å². The predicted octanol–water partition coefficient (Wildman–Crippen LogP) is -0.760. The summed E-state index contributed by atoms with van der Waals surface area (Å²) < 4.78 is 24.3. The highest BCUT2D eigenvalue weighted by molar-refractivity contribution is 7.56. The van der Waals surface area contributed by atoms with Crippen molar-refractivity contribution in [2.75, 3.05) is 12.3 Å². The van der Waals surface area contributed by atoms with Crippen molar-refractivity contribution in [1.29, 1.82) is 0 Å². The topological polar surface area (TPSA) is 130 Å². The third kappa shape index (κ3) is 6.65. The summed E-state index contributed by atoms with van der Waals surface area (Å²) >= 11 is 0. The van der Waals surface area contributed by atoms with Crippen molar-refractivity contribution < 1.29 is 28.4 Å². The Morgan fingerprint density at radius 2 is 1.64 bits per heavy atom. The smallest absolute Gasteiger partial charge is 0.324 e. The van der Waals surface area contributed by atoms with E-state index in [1.54, 1.807) is 0 Å². The van der Waals surface area contributed by atoms with Crippen LogP contribution in [0.15, 0.2) is 0 Å². The van der Waals surface area contributed by atoms with Gasteiger partial charge in [-0.2, -0.15) is 0 Å². The van der Waals surface area contributed by atoms with Crippen LogP contribution < -0.4 is 5.90 Å². The molecule has 7 nitrogen and oxygen atoms in total. The van der Waals surface area contributed by atoms with Gasteiger partial charge in [0, 0.05) is 0 Å². The van der Waals surface area contributed by atoms with Gasteiger partial charge in [0.05, 0.1) is 12.3 Å². The Balaban J connectivity index is 3.91. The first-order valence-corrected chi connectivity index (χ1v) is 6.08. The van der Waals surface area contributed by atoms with Crippen molar-refractivity contribution in [1.82, 2.24) is 0 Å². The highest BCUT2D eigenvalue weighted by Crippen LogP contribution is 2.45. The first kappa shape index (κ1) is 11.3. The van der Waals surface area contributed by atoms with Crippen LogP contribution in [0.3, 0.4) is 0 Å². The second-order valence-electron chi connectivity index (χ2n) is 1.85. The van der Waals surface area contributed by atoms with Crippen LogP contribution in [-0.2, 0) is 13.8 Å². The zero-order valence-electron chi connectivity index (χ0n) is 5.45. The molecule has 0 heterocycles. The molecule has 0 aromatic rings. The quantitative estimate of drug-likeness (QED) is 0.350. The third-order valence-electron chi connectivity index (χ3n) is 0.839. The molecule has 0 aromatic carbocycles. The van der Waals surface area contributed by atoms with Gasteiger partial charge >= 0.3 is 15.2 Å². The largest absolute Gasteiger partial charge is 0.344 e. The maximum Gasteiger partial charge on any atom is 0.344 e. The Kier molecular flexibility index (Phi) is 3.87. The van der Waals surface area contributed by atoms with Gasteiger partial charge in [-0.25, -0.2) is 10.5 Å². The Hall–Kier alpha value is 0.260. The molecular weight excluding hydrogens is 196 g/mol. The molecule has 0 bridgehead atoms. The maximum atomic E-state index is 10.5. The van der Waals surface area contributed by atoms with Gasteiger partial charge in [-0.05, 0) is 0 Å². The minimum atomic E-state index is -4.24. The van der Waals surface area contributed by atoms with Crippen LogP contribution in [-0.4, -0.2) is 27.0 Å². The van der Waals surface area contributed by atoms with E-state index in [4.69, 9.17) is 14.7 Å². The normalized spacial score (nSPS) is 17.8. The minimum Gasteiger partial charge on any atom is -0.324 e. The third-order valence-corrected chi connectivity index (χ3v) is 3.12. The van der Waals surface area contributed by atoms with Gasteiger partial charge < -0.3 is 14.7 Å². The van der Waals surface area contributed by atoms with Crippen LogP contribution in [0.4, 0.5) is 0 Å². The van der Waals surface area contributed by atoms with Crippen molar-refractivity contribution in [2.24, 2.45) is 5.90 Å². The number of nitrogens with two attached hydrogens (primary N) is 1. The zero-order chi connectivity index (χ0) is 9.12. The molecule has 0 radical (unpaired) electrons. The summed E-state index contributed by atoms with van der Waals surface area (Å²) in [5.41, 5.74) is 0. The lowest BCUT2D eigenvalue weighted by atomic mass is 11.0. The molecule has 1 atom stereocenters. The molecule has 11 heavy (non-hydrogen) atoms. The molecule has 1 unspecified atom stereocenters. The fourth-order valence-corrected chi connectivity index (χ4v) is 2.47. The number of hydrogen-bond acceptors (Lipinski definition) is 4. The first-order valence-electron chi connectivity index (χ1n) is 2.52. The molecule has 0 amide bonds. The fraction of sp³-hybridized carbons (Fsp3) is 1.00. The van der Waals surface area contributed by atoms with Crippen LogP contribution in [0.2, 0.25) is 0 Å². The van der Waals surface area contributed by atoms with Crippen LogP contribution in [0.1, 0.15) is 0 Å². The highest BCUT2D eigenvalue weighted by Gasteiger charge is 2.24. The molecule has 0 rings (SSSR count). The number of hydrogen-bond donors (Lipinski definition) is 4. The lowest BCUT2D eigenvalue weighted by molar-refractivity contribution is 0.268. The standard InChI is InChI=1S/C2H9NO6P2/c3-9-11(7,8)2-1-10(4,5)6/h1-3H2,(H,7,8)(H2,4,5,6). The summed E-state index contributed by atoms with van der Waals surface area (Å²) in [6, 6.07) is 0. The van der Waals surface area contributed by atoms with E-state index in [1.807, 2.05) is 0 Å². The second kappa shape index (κ2) is 3.78. The van der Waals surface area contributed by atoms with E-state index < -0.39 is 27.5 Å². The van der Waals surface area contributed by atoms with Crippen LogP contribution in [0, 0.1) is 0 Å². The highest BCUT2D eigenvalue weighted by atomic mass is 31.2. The van der Waals surface area contributed by atoms with Gasteiger partial charge in [-0.15, -0.1) is 0 Å². The van der Waals surface area contributed by atoms with E-state index >= 15 is 0 Å². The summed E-state index contributed by atoms with van der Waals surface area (Å²) in [5.74, 6) is 4.37. The van der Waals surface area contributed by atoms with Crippen LogP contribution >= 0.6 is 15.2 Å². The minimum absolute atomic E-state index is 0.645. The summed E-state index contributed by atoms with van der Waals surface area (Å²) in [4.78, 5) is 25.1. The van der Waals surface area contributed by atoms with Crippen molar-refractivity contribution in [3.8, 4) is 0 Å². The molecule has 0 aromatic heterocycles. The Bertz CT molecular complexity index is 209. The van der Waals surface area contributed by atoms with E-state index in [1.165, 1.54) is 0 Å². The Labute approximate surface area is 62.8 Å². The molecule has 5 N–H and O–H groups in total. The van der Waals surface area contributed by atoms with Gasteiger partial charge in [0.1, 0.15) is 0 Å². The Morgan fingerprint density at radius 3 is 1.91 bits per heavy atom. The summed E-state index contributed by atoms with van der Waals surface area (Å²) in [6.45, 7) is 0. The average molecular weight is 205 g/mol. The summed E-state index contributed by atoms with van der Waals surface area (Å²) in [5, 5.41) is 0. The number of rotatable bonds is 4. The van der Waals surface area contributed by atoms with Gasteiger partial charge in [0.2, 0.25) is 0 Å². The molecule has 68 valence electrons. The maximum absolute atomic E-state index is 10.5. The molecule has 0 saturated heterocycles. The molecular formula is C2H9NO6P2. The monoisotopic (exact) mass is 205 g/mol. The van der Waals surface area contributed by atoms with E-state index in [9.17, 15) is 9.13 Å². The molecule has 0 aliphatic carbocycles. The predicted molar refractivity (Wildman–Crippen MR) is 36.9 cm³/mol. The van der Waals surface area contributed by atoms with Gasteiger partial charge in [0.15, 0.2) is 0 Å². The SMILES string of the molecule is NOP(=O)(O)CCP(=O)(O)O. The van der Waals surface area contributed by atoms with Crippen molar-refractivity contribution in [3.63, 3.8) is 0 Å². The van der Waals surface area contributed by atoms with Gasteiger partial charge in [0.25, 0.3) is 0 Å². The van der Waals surface area contributed by atoms with Crippen molar-refractivity contribution in [3.05, 3.63) is 0 Å².